The summed E-state index contributed by atoms with van der Waals surface area (Å²) in [6.07, 6.45) is 2.49. The molecule has 1 fully saturated rings. The number of nitrogens with one attached hydrogen (secondary N) is 2. The minimum absolute atomic E-state index is 0.147. The molecule has 19 heavy (non-hydrogen) atoms. The molecule has 0 saturated heterocycles. The molecule has 2 rings (SSSR count). The van der Waals surface area contributed by atoms with Crippen molar-refractivity contribution >= 4 is 17.6 Å². The van der Waals surface area contributed by atoms with Crippen molar-refractivity contribution in [3.8, 4) is 0 Å². The Morgan fingerprint density at radius 2 is 2.11 bits per heavy atom. The van der Waals surface area contributed by atoms with Crippen LogP contribution in [0.25, 0.3) is 0 Å². The summed E-state index contributed by atoms with van der Waals surface area (Å²) in [6, 6.07) is 4.86. The van der Waals surface area contributed by atoms with Crippen molar-refractivity contribution in [2.75, 3.05) is 18.4 Å². The lowest BCUT2D eigenvalue weighted by Gasteiger charge is -2.10. The van der Waals surface area contributed by atoms with E-state index in [-0.39, 0.29) is 18.0 Å². The van der Waals surface area contributed by atoms with Crippen LogP contribution in [-0.4, -0.2) is 30.1 Å². The van der Waals surface area contributed by atoms with E-state index in [0.717, 1.165) is 12.5 Å². The van der Waals surface area contributed by atoms with Gasteiger partial charge < -0.3 is 15.7 Å². The number of carbonyl (C=O) groups is 2. The van der Waals surface area contributed by atoms with Crippen LogP contribution >= 0.6 is 0 Å². The average molecular weight is 262 g/mol. The first-order chi connectivity index (χ1) is 9.08. The Balaban J connectivity index is 1.91. The van der Waals surface area contributed by atoms with Gasteiger partial charge in [-0.25, -0.2) is 4.79 Å². The number of benzene rings is 1. The Morgan fingerprint density at radius 3 is 2.74 bits per heavy atom. The van der Waals surface area contributed by atoms with Gasteiger partial charge in [-0.3, -0.25) is 4.79 Å². The molecule has 0 radical (unpaired) electrons. The average Bonchev–Trinajstić information content (AvgIpc) is 3.15. The molecule has 3 N–H and O–H groups in total. The predicted octanol–water partition coefficient (Wildman–Crippen LogP) is 1.63. The first kappa shape index (κ1) is 13.5. The van der Waals surface area contributed by atoms with Gasteiger partial charge in [0.15, 0.2) is 0 Å². The first-order valence-electron chi connectivity index (χ1n) is 6.41. The molecule has 0 spiro atoms. The van der Waals surface area contributed by atoms with Crippen LogP contribution in [0.15, 0.2) is 18.2 Å². The van der Waals surface area contributed by atoms with Crippen LogP contribution in [0.1, 0.15) is 28.8 Å². The van der Waals surface area contributed by atoms with E-state index in [1.165, 1.54) is 18.9 Å². The SMILES string of the molecule is Cc1c(NC(=O)CNCC2CC2)cccc1C(=O)O. The minimum Gasteiger partial charge on any atom is -0.478 e. The fourth-order valence-corrected chi connectivity index (χ4v) is 1.91. The Morgan fingerprint density at radius 1 is 1.37 bits per heavy atom. The van der Waals surface area contributed by atoms with Gasteiger partial charge in [0, 0.05) is 5.69 Å². The van der Waals surface area contributed by atoms with Crippen LogP contribution in [0, 0.1) is 12.8 Å². The van der Waals surface area contributed by atoms with Gasteiger partial charge in [-0.1, -0.05) is 6.07 Å². The zero-order valence-electron chi connectivity index (χ0n) is 10.9. The smallest absolute Gasteiger partial charge is 0.336 e. The quantitative estimate of drug-likeness (QED) is 0.728. The summed E-state index contributed by atoms with van der Waals surface area (Å²) in [5, 5.41) is 14.8. The molecule has 0 atom stereocenters. The van der Waals surface area contributed by atoms with E-state index in [2.05, 4.69) is 10.6 Å². The molecule has 0 aliphatic heterocycles. The molecule has 1 aromatic carbocycles. The second kappa shape index (κ2) is 5.84. The molecule has 5 heteroatoms. The maximum atomic E-state index is 11.7. The van der Waals surface area contributed by atoms with Crippen molar-refractivity contribution in [1.82, 2.24) is 5.32 Å². The maximum Gasteiger partial charge on any atom is 0.336 e. The van der Waals surface area contributed by atoms with Gasteiger partial charge in [-0.05, 0) is 49.9 Å². The van der Waals surface area contributed by atoms with E-state index in [1.807, 2.05) is 0 Å². The van der Waals surface area contributed by atoms with Crippen molar-refractivity contribution in [1.29, 1.82) is 0 Å². The maximum absolute atomic E-state index is 11.7. The molecular formula is C14H18N2O3. The van der Waals surface area contributed by atoms with E-state index in [0.29, 0.717) is 11.3 Å². The highest BCUT2D eigenvalue weighted by Gasteiger charge is 2.20. The van der Waals surface area contributed by atoms with E-state index in [1.54, 1.807) is 19.1 Å². The second-order valence-corrected chi connectivity index (χ2v) is 4.91. The molecule has 1 saturated carbocycles. The number of rotatable bonds is 6. The molecule has 102 valence electrons. The van der Waals surface area contributed by atoms with Gasteiger partial charge in [0.05, 0.1) is 12.1 Å². The van der Waals surface area contributed by atoms with Crippen LogP contribution in [0.5, 0.6) is 0 Å². The van der Waals surface area contributed by atoms with Crippen LogP contribution in [0.2, 0.25) is 0 Å². The highest BCUT2D eigenvalue weighted by atomic mass is 16.4. The Labute approximate surface area is 112 Å². The monoisotopic (exact) mass is 262 g/mol. The number of aromatic carboxylic acids is 1. The van der Waals surface area contributed by atoms with Crippen LogP contribution in [-0.2, 0) is 4.79 Å². The summed E-state index contributed by atoms with van der Waals surface area (Å²) >= 11 is 0. The topological polar surface area (TPSA) is 78.4 Å². The van der Waals surface area contributed by atoms with Crippen molar-refractivity contribution in [3.05, 3.63) is 29.3 Å². The fourth-order valence-electron chi connectivity index (χ4n) is 1.91. The Kier molecular flexibility index (Phi) is 4.16. The van der Waals surface area contributed by atoms with Crippen molar-refractivity contribution in [2.45, 2.75) is 19.8 Å². The summed E-state index contributed by atoms with van der Waals surface area (Å²) in [5.41, 5.74) is 1.34. The lowest BCUT2D eigenvalue weighted by molar-refractivity contribution is -0.115. The largest absolute Gasteiger partial charge is 0.478 e. The van der Waals surface area contributed by atoms with E-state index < -0.39 is 5.97 Å². The molecule has 1 aromatic rings. The van der Waals surface area contributed by atoms with Gasteiger partial charge in [0.1, 0.15) is 0 Å². The first-order valence-corrected chi connectivity index (χ1v) is 6.41. The standard InChI is InChI=1S/C14H18N2O3/c1-9-11(14(18)19)3-2-4-12(9)16-13(17)8-15-7-10-5-6-10/h2-4,10,15H,5-8H2,1H3,(H,16,17)(H,18,19). The summed E-state index contributed by atoms with van der Waals surface area (Å²) in [6.45, 7) is 2.82. The number of carboxylic acid groups (broad SMARTS) is 1. The lowest BCUT2D eigenvalue weighted by Crippen LogP contribution is -2.29. The van der Waals surface area contributed by atoms with Crippen LogP contribution in [0.4, 0.5) is 5.69 Å². The Bertz CT molecular complexity index is 495. The number of hydrogen-bond donors (Lipinski definition) is 3. The number of carbonyl (C=O) groups excluding carboxylic acids is 1. The van der Waals surface area contributed by atoms with Gasteiger partial charge in [0.25, 0.3) is 0 Å². The summed E-state index contributed by atoms with van der Waals surface area (Å²) in [5.74, 6) is -0.406. The van der Waals surface area contributed by atoms with Crippen molar-refractivity contribution in [3.63, 3.8) is 0 Å². The number of amides is 1. The van der Waals surface area contributed by atoms with Crippen molar-refractivity contribution in [2.24, 2.45) is 5.92 Å². The normalized spacial score (nSPS) is 14.2. The lowest BCUT2D eigenvalue weighted by atomic mass is 10.1. The van der Waals surface area contributed by atoms with Gasteiger partial charge in [-0.2, -0.15) is 0 Å². The predicted molar refractivity (Wildman–Crippen MR) is 72.4 cm³/mol. The molecule has 5 nitrogen and oxygen atoms in total. The molecular weight excluding hydrogens is 244 g/mol. The van der Waals surface area contributed by atoms with Crippen LogP contribution < -0.4 is 10.6 Å². The van der Waals surface area contributed by atoms with E-state index >= 15 is 0 Å². The fraction of sp³-hybridized carbons (Fsp3) is 0.429. The second-order valence-electron chi connectivity index (χ2n) is 4.91. The zero-order chi connectivity index (χ0) is 13.8. The third-order valence-electron chi connectivity index (χ3n) is 3.25. The summed E-state index contributed by atoms with van der Waals surface area (Å²) in [7, 11) is 0. The number of carboxylic acids is 1. The summed E-state index contributed by atoms with van der Waals surface area (Å²) in [4.78, 5) is 22.7. The molecule has 1 amide bonds. The molecule has 0 heterocycles. The van der Waals surface area contributed by atoms with Gasteiger partial charge >= 0.3 is 5.97 Å². The molecule has 0 aromatic heterocycles. The molecule has 1 aliphatic rings. The molecule has 0 bridgehead atoms. The van der Waals surface area contributed by atoms with Crippen LogP contribution in [0.3, 0.4) is 0 Å². The number of hydrogen-bond acceptors (Lipinski definition) is 3. The molecule has 1 aliphatic carbocycles. The Hall–Kier alpha value is -1.88. The highest BCUT2D eigenvalue weighted by molar-refractivity contribution is 5.96. The zero-order valence-corrected chi connectivity index (χ0v) is 10.9. The number of anilines is 1. The van der Waals surface area contributed by atoms with E-state index in [4.69, 9.17) is 5.11 Å². The van der Waals surface area contributed by atoms with E-state index in [9.17, 15) is 9.59 Å². The third-order valence-corrected chi connectivity index (χ3v) is 3.25. The highest BCUT2D eigenvalue weighted by Crippen LogP contribution is 2.27. The van der Waals surface area contributed by atoms with Gasteiger partial charge in [0.2, 0.25) is 5.91 Å². The summed E-state index contributed by atoms with van der Waals surface area (Å²) < 4.78 is 0. The van der Waals surface area contributed by atoms with Crippen molar-refractivity contribution < 1.29 is 14.7 Å². The molecule has 0 unspecified atom stereocenters. The third kappa shape index (κ3) is 3.79. The van der Waals surface area contributed by atoms with Gasteiger partial charge in [-0.15, -0.1) is 0 Å². The minimum atomic E-state index is -0.986.